The third kappa shape index (κ3) is 2.46. The summed E-state index contributed by atoms with van der Waals surface area (Å²) in [5, 5.41) is 12.3. The zero-order valence-electron chi connectivity index (χ0n) is 12.3. The first kappa shape index (κ1) is 14.5. The summed E-state index contributed by atoms with van der Waals surface area (Å²) in [5.41, 5.74) is 2.05. The maximum Gasteiger partial charge on any atom is 0.347 e. The Balaban J connectivity index is 1.98. The molecule has 1 N–H and O–H groups in total. The predicted octanol–water partition coefficient (Wildman–Crippen LogP) is 4.15. The van der Waals surface area contributed by atoms with Gasteiger partial charge >= 0.3 is 5.97 Å². The number of nitrogens with zero attached hydrogens (tertiary/aromatic N) is 2. The number of anilines is 1. The van der Waals surface area contributed by atoms with Gasteiger partial charge < -0.3 is 10.0 Å². The molecule has 1 aliphatic rings. The van der Waals surface area contributed by atoms with E-state index in [4.69, 9.17) is 0 Å². The molecule has 2 aromatic rings. The van der Waals surface area contributed by atoms with Crippen LogP contribution in [0.1, 0.15) is 58.5 Å². The number of carboxylic acids is 1. The number of hydrogen-bond acceptors (Lipinski definition) is 5. The molecule has 4 nitrogen and oxygen atoms in total. The van der Waals surface area contributed by atoms with Crippen LogP contribution in [0.4, 0.5) is 5.13 Å². The van der Waals surface area contributed by atoms with Crippen molar-refractivity contribution in [3.63, 3.8) is 0 Å². The Kier molecular flexibility index (Phi) is 3.75. The maximum atomic E-state index is 11.4. The Morgan fingerprint density at radius 1 is 1.52 bits per heavy atom. The van der Waals surface area contributed by atoms with Gasteiger partial charge in [0.15, 0.2) is 5.13 Å². The minimum Gasteiger partial charge on any atom is -0.477 e. The number of carbonyl (C=O) groups is 1. The second-order valence-corrected chi connectivity index (χ2v) is 7.57. The molecule has 21 heavy (non-hydrogen) atoms. The van der Waals surface area contributed by atoms with Gasteiger partial charge in [-0.05, 0) is 36.3 Å². The number of thiophene rings is 1. The zero-order chi connectivity index (χ0) is 15.1. The monoisotopic (exact) mass is 322 g/mol. The highest BCUT2D eigenvalue weighted by Crippen LogP contribution is 2.39. The van der Waals surface area contributed by atoms with Crippen LogP contribution in [-0.4, -0.2) is 22.6 Å². The topological polar surface area (TPSA) is 53.4 Å². The lowest BCUT2D eigenvalue weighted by Crippen LogP contribution is -2.33. The van der Waals surface area contributed by atoms with Gasteiger partial charge in [0.2, 0.25) is 0 Å². The molecule has 0 saturated carbocycles. The molecule has 0 aromatic carbocycles. The third-order valence-electron chi connectivity index (χ3n) is 3.91. The number of fused-ring (bicyclic) bond motifs is 1. The summed E-state index contributed by atoms with van der Waals surface area (Å²) in [6.07, 6.45) is 1.01. The quantitative estimate of drug-likeness (QED) is 0.922. The minimum absolute atomic E-state index is 0.123. The average Bonchev–Trinajstić information content (AvgIpc) is 3.05. The Morgan fingerprint density at radius 3 is 2.90 bits per heavy atom. The summed E-state index contributed by atoms with van der Waals surface area (Å²) in [6.45, 7) is 7.05. The first-order valence-corrected chi connectivity index (χ1v) is 8.75. The average molecular weight is 322 g/mol. The lowest BCUT2D eigenvalue weighted by Gasteiger charge is -2.33. The maximum absolute atomic E-state index is 11.4. The highest BCUT2D eigenvalue weighted by Gasteiger charge is 2.29. The fourth-order valence-corrected chi connectivity index (χ4v) is 4.89. The smallest absolute Gasteiger partial charge is 0.347 e. The number of aromatic nitrogens is 1. The van der Waals surface area contributed by atoms with E-state index >= 15 is 0 Å². The van der Waals surface area contributed by atoms with E-state index < -0.39 is 5.97 Å². The second kappa shape index (κ2) is 5.42. The lowest BCUT2D eigenvalue weighted by molar-refractivity contribution is 0.0700. The van der Waals surface area contributed by atoms with E-state index in [-0.39, 0.29) is 12.0 Å². The van der Waals surface area contributed by atoms with Crippen LogP contribution in [0.5, 0.6) is 0 Å². The number of aromatic carboxylic acids is 1. The largest absolute Gasteiger partial charge is 0.477 e. The molecule has 1 unspecified atom stereocenters. The van der Waals surface area contributed by atoms with Crippen LogP contribution in [0.25, 0.3) is 0 Å². The molecule has 1 aliphatic heterocycles. The fourth-order valence-electron chi connectivity index (χ4n) is 2.76. The summed E-state index contributed by atoms with van der Waals surface area (Å²) in [5.74, 6) is -0.749. The molecule has 0 saturated heterocycles. The first-order valence-electron chi connectivity index (χ1n) is 7.06. The van der Waals surface area contributed by atoms with E-state index in [1.165, 1.54) is 21.8 Å². The van der Waals surface area contributed by atoms with Gasteiger partial charge in [0.25, 0.3) is 0 Å². The molecular weight excluding hydrogens is 304 g/mol. The van der Waals surface area contributed by atoms with Crippen molar-refractivity contribution in [2.75, 3.05) is 11.4 Å². The standard InChI is InChI=1S/C15H18N2O2S2/c1-8(2)12-13(14(18)19)21-15(16-12)17-6-4-11-10(9(17)3)5-7-20-11/h5,7-9H,4,6H2,1-3H3,(H,18,19). The van der Waals surface area contributed by atoms with E-state index in [1.54, 1.807) is 11.3 Å². The van der Waals surface area contributed by atoms with Crippen LogP contribution >= 0.6 is 22.7 Å². The van der Waals surface area contributed by atoms with Crippen LogP contribution < -0.4 is 4.90 Å². The van der Waals surface area contributed by atoms with Gasteiger partial charge in [-0.2, -0.15) is 0 Å². The number of hydrogen-bond donors (Lipinski definition) is 1. The molecule has 1 atom stereocenters. The molecule has 3 rings (SSSR count). The molecule has 6 heteroatoms. The van der Waals surface area contributed by atoms with E-state index in [0.717, 1.165) is 18.1 Å². The molecule has 0 bridgehead atoms. The van der Waals surface area contributed by atoms with Crippen LogP contribution in [0.3, 0.4) is 0 Å². The summed E-state index contributed by atoms with van der Waals surface area (Å²) < 4.78 is 0. The van der Waals surface area contributed by atoms with Crippen molar-refractivity contribution in [2.24, 2.45) is 0 Å². The Morgan fingerprint density at radius 2 is 2.29 bits per heavy atom. The Labute approximate surface area is 132 Å². The van der Waals surface area contributed by atoms with Crippen molar-refractivity contribution in [2.45, 2.75) is 39.2 Å². The van der Waals surface area contributed by atoms with E-state index in [0.29, 0.717) is 10.6 Å². The Bertz CT molecular complexity index is 675. The highest BCUT2D eigenvalue weighted by molar-refractivity contribution is 7.17. The number of thiazole rings is 1. The Hall–Kier alpha value is -1.40. The van der Waals surface area contributed by atoms with Gasteiger partial charge in [-0.25, -0.2) is 9.78 Å². The van der Waals surface area contributed by atoms with Crippen molar-refractivity contribution < 1.29 is 9.90 Å². The third-order valence-corrected chi connectivity index (χ3v) is 6.00. The molecule has 0 fully saturated rings. The van der Waals surface area contributed by atoms with E-state index in [9.17, 15) is 9.90 Å². The fraction of sp³-hybridized carbons (Fsp3) is 0.467. The van der Waals surface area contributed by atoms with Crippen molar-refractivity contribution in [1.29, 1.82) is 0 Å². The molecule has 0 spiro atoms. The second-order valence-electron chi connectivity index (χ2n) is 5.59. The van der Waals surface area contributed by atoms with Crippen LogP contribution in [0, 0.1) is 0 Å². The van der Waals surface area contributed by atoms with Gasteiger partial charge in [-0.3, -0.25) is 0 Å². The summed E-state index contributed by atoms with van der Waals surface area (Å²) >= 11 is 3.11. The molecule has 0 amide bonds. The highest BCUT2D eigenvalue weighted by atomic mass is 32.1. The van der Waals surface area contributed by atoms with Crippen molar-refractivity contribution in [1.82, 2.24) is 4.98 Å². The lowest BCUT2D eigenvalue weighted by atomic mass is 10.0. The van der Waals surface area contributed by atoms with Crippen LogP contribution in [0.15, 0.2) is 11.4 Å². The molecule has 112 valence electrons. The molecule has 0 aliphatic carbocycles. The van der Waals surface area contributed by atoms with Gasteiger partial charge in [-0.1, -0.05) is 25.2 Å². The van der Waals surface area contributed by atoms with Crippen molar-refractivity contribution >= 4 is 33.8 Å². The zero-order valence-corrected chi connectivity index (χ0v) is 13.9. The van der Waals surface area contributed by atoms with Crippen LogP contribution in [-0.2, 0) is 6.42 Å². The van der Waals surface area contributed by atoms with E-state index in [2.05, 4.69) is 28.3 Å². The molecule has 0 radical (unpaired) electrons. The SMILES string of the molecule is CC(C)c1nc(N2CCc3sccc3C2C)sc1C(=O)O. The van der Waals surface area contributed by atoms with Gasteiger partial charge in [-0.15, -0.1) is 11.3 Å². The van der Waals surface area contributed by atoms with Crippen molar-refractivity contribution in [3.8, 4) is 0 Å². The minimum atomic E-state index is -0.872. The van der Waals surface area contributed by atoms with Crippen LogP contribution in [0.2, 0.25) is 0 Å². The van der Waals surface area contributed by atoms with Gasteiger partial charge in [0.05, 0.1) is 11.7 Å². The number of rotatable bonds is 3. The predicted molar refractivity (Wildman–Crippen MR) is 86.9 cm³/mol. The summed E-state index contributed by atoms with van der Waals surface area (Å²) in [7, 11) is 0. The molecule has 3 heterocycles. The van der Waals surface area contributed by atoms with Gasteiger partial charge in [0, 0.05) is 11.4 Å². The number of carboxylic acid groups (broad SMARTS) is 1. The summed E-state index contributed by atoms with van der Waals surface area (Å²) in [6, 6.07) is 2.43. The summed E-state index contributed by atoms with van der Waals surface area (Å²) in [4.78, 5) is 20.1. The van der Waals surface area contributed by atoms with Gasteiger partial charge in [0.1, 0.15) is 4.88 Å². The van der Waals surface area contributed by atoms with Crippen molar-refractivity contribution in [3.05, 3.63) is 32.5 Å². The normalized spacial score (nSPS) is 18.1. The molecular formula is C15H18N2O2S2. The molecule has 2 aromatic heterocycles. The van der Waals surface area contributed by atoms with E-state index in [1.807, 2.05) is 13.8 Å². The first-order chi connectivity index (χ1) is 9.99.